The highest BCUT2D eigenvalue weighted by Crippen LogP contribution is 2.33. The van der Waals surface area contributed by atoms with Crippen molar-refractivity contribution in [2.45, 2.75) is 81.9 Å². The number of unbranched alkanes of at least 4 members (excludes halogenated alkanes) is 1. The van der Waals surface area contributed by atoms with Gasteiger partial charge in [-0.3, -0.25) is 4.79 Å². The van der Waals surface area contributed by atoms with Gasteiger partial charge in [-0.05, 0) is 55.5 Å². The van der Waals surface area contributed by atoms with Crippen LogP contribution in [-0.4, -0.2) is 55.2 Å². The molecule has 0 saturated heterocycles. The molecule has 1 aliphatic rings. The number of rotatable bonds is 15. The zero-order valence-electron chi connectivity index (χ0n) is 22.0. The first-order chi connectivity index (χ1) is 17.7. The third-order valence-electron chi connectivity index (χ3n) is 6.67. The summed E-state index contributed by atoms with van der Waals surface area (Å²) in [5.41, 5.74) is 5.70. The van der Waals surface area contributed by atoms with Crippen LogP contribution in [0.4, 0.5) is 0 Å². The summed E-state index contributed by atoms with van der Waals surface area (Å²) in [6.07, 6.45) is 3.93. The van der Waals surface area contributed by atoms with Gasteiger partial charge >= 0.3 is 0 Å². The fraction of sp³-hybridized carbons (Fsp3) is 0.536. The van der Waals surface area contributed by atoms with Crippen LogP contribution >= 0.6 is 0 Å². The van der Waals surface area contributed by atoms with E-state index in [1.54, 1.807) is 18.2 Å². The molecule has 1 heterocycles. The second-order valence-electron chi connectivity index (χ2n) is 9.91. The quantitative estimate of drug-likeness (QED) is 0.303. The highest BCUT2D eigenvalue weighted by atomic mass is 32.2. The number of nitrogens with one attached hydrogen (secondary N) is 1. The minimum absolute atomic E-state index is 0.0341. The van der Waals surface area contributed by atoms with Crippen molar-refractivity contribution in [3.05, 3.63) is 59.7 Å². The third kappa shape index (κ3) is 8.01. The van der Waals surface area contributed by atoms with E-state index >= 15 is 0 Å². The van der Waals surface area contributed by atoms with Crippen LogP contribution < -0.4 is 15.8 Å². The maximum absolute atomic E-state index is 14.0. The lowest BCUT2D eigenvalue weighted by Gasteiger charge is -2.39. The van der Waals surface area contributed by atoms with E-state index in [2.05, 4.69) is 5.32 Å². The minimum Gasteiger partial charge on any atom is -0.493 e. The summed E-state index contributed by atoms with van der Waals surface area (Å²) >= 11 is 0. The summed E-state index contributed by atoms with van der Waals surface area (Å²) < 4.78 is 34.8. The molecular formula is C28H41N3O5S. The average molecular weight is 532 g/mol. The molecule has 204 valence electrons. The zero-order valence-corrected chi connectivity index (χ0v) is 22.8. The fourth-order valence-electron chi connectivity index (χ4n) is 4.60. The van der Waals surface area contributed by atoms with Crippen molar-refractivity contribution in [1.29, 1.82) is 0 Å². The maximum atomic E-state index is 14.0. The molecule has 2 atom stereocenters. The Morgan fingerprint density at radius 3 is 2.68 bits per heavy atom. The predicted molar refractivity (Wildman–Crippen MR) is 145 cm³/mol. The highest BCUT2D eigenvalue weighted by molar-refractivity contribution is 7.89. The molecule has 0 saturated carbocycles. The molecule has 0 radical (unpaired) electrons. The lowest BCUT2D eigenvalue weighted by Crippen LogP contribution is -2.55. The highest BCUT2D eigenvalue weighted by Gasteiger charge is 2.42. The summed E-state index contributed by atoms with van der Waals surface area (Å²) in [6.45, 7) is 4.73. The van der Waals surface area contributed by atoms with Crippen LogP contribution in [0, 0.1) is 0 Å². The molecule has 0 spiro atoms. The van der Waals surface area contributed by atoms with Crippen molar-refractivity contribution in [2.24, 2.45) is 5.73 Å². The van der Waals surface area contributed by atoms with Gasteiger partial charge in [0.05, 0.1) is 11.5 Å². The van der Waals surface area contributed by atoms with Crippen molar-refractivity contribution in [1.82, 2.24) is 9.62 Å². The lowest BCUT2D eigenvalue weighted by molar-refractivity contribution is -0.121. The number of hydrogen-bond donors (Lipinski definition) is 3. The molecule has 2 aromatic carbocycles. The molecule has 3 rings (SSSR count). The molecule has 0 aliphatic carbocycles. The third-order valence-corrected chi connectivity index (χ3v) is 8.62. The first-order valence-electron chi connectivity index (χ1n) is 13.2. The second kappa shape index (κ2) is 13.4. The van der Waals surface area contributed by atoms with Crippen LogP contribution in [-0.2, 0) is 27.7 Å². The van der Waals surface area contributed by atoms with Gasteiger partial charge in [0, 0.05) is 44.8 Å². The monoisotopic (exact) mass is 531 g/mol. The average Bonchev–Trinajstić information content (AvgIpc) is 3.32. The molecule has 0 fully saturated rings. The summed E-state index contributed by atoms with van der Waals surface area (Å²) in [5, 5.41) is 14.9. The molecule has 2 unspecified atom stereocenters. The number of sulfonamides is 1. The maximum Gasteiger partial charge on any atom is 0.245 e. The second-order valence-corrected chi connectivity index (χ2v) is 11.8. The Bertz CT molecular complexity index is 1120. The van der Waals surface area contributed by atoms with Crippen LogP contribution in [0.15, 0.2) is 53.4 Å². The van der Waals surface area contributed by atoms with Crippen LogP contribution in [0.2, 0.25) is 0 Å². The first kappa shape index (κ1) is 29.1. The van der Waals surface area contributed by atoms with Gasteiger partial charge in [0.15, 0.2) is 0 Å². The van der Waals surface area contributed by atoms with Gasteiger partial charge in [-0.1, -0.05) is 43.7 Å². The van der Waals surface area contributed by atoms with Crippen LogP contribution in [0.3, 0.4) is 0 Å². The number of nitrogens with zero attached hydrogens (tertiary/aromatic N) is 1. The normalized spacial score (nSPS) is 15.6. The van der Waals surface area contributed by atoms with E-state index in [9.17, 15) is 18.3 Å². The molecule has 9 heteroatoms. The summed E-state index contributed by atoms with van der Waals surface area (Å²) in [5.74, 6) is 0.564. The molecule has 1 amide bonds. The van der Waals surface area contributed by atoms with Gasteiger partial charge in [-0.15, -0.1) is 0 Å². The Kier molecular flexibility index (Phi) is 10.5. The number of hydrogen-bond acceptors (Lipinski definition) is 6. The molecule has 0 aromatic heterocycles. The SMILES string of the molecule is CCCCN(C(O)(CCNC(=O)CCCC(C)N)Cc1ccccc1)S(=O)(=O)c1ccc2c(c1)CCO2. The molecule has 1 aliphatic heterocycles. The largest absolute Gasteiger partial charge is 0.493 e. The Balaban J connectivity index is 1.87. The number of amides is 1. The van der Waals surface area contributed by atoms with Gasteiger partial charge in [0.1, 0.15) is 11.5 Å². The topological polar surface area (TPSA) is 122 Å². The molecule has 2 aromatic rings. The van der Waals surface area contributed by atoms with Crippen molar-refractivity contribution in [3.63, 3.8) is 0 Å². The number of carbonyl (C=O) groups excluding carboxylic acids is 1. The van der Waals surface area contributed by atoms with Gasteiger partial charge in [0.2, 0.25) is 15.9 Å². The molecular weight excluding hydrogens is 490 g/mol. The van der Waals surface area contributed by atoms with Crippen molar-refractivity contribution >= 4 is 15.9 Å². The molecule has 4 N–H and O–H groups in total. The lowest BCUT2D eigenvalue weighted by atomic mass is 9.98. The van der Waals surface area contributed by atoms with E-state index in [4.69, 9.17) is 10.5 Å². The number of aliphatic hydroxyl groups is 1. The number of fused-ring (bicyclic) bond motifs is 1. The molecule has 8 nitrogen and oxygen atoms in total. The number of carbonyl (C=O) groups is 1. The Labute approximate surface area is 221 Å². The standard InChI is InChI=1S/C28H41N3O5S/c1-3-4-18-31(37(34,35)25-13-14-26-24(20-25)15-19-36-26)28(33,21-23-10-6-5-7-11-23)16-17-30-27(32)12-8-9-22(2)29/h5-7,10-11,13-14,20,22,33H,3-4,8-9,12,15-19,21,29H2,1-2H3,(H,30,32). The van der Waals surface area contributed by atoms with E-state index in [1.807, 2.05) is 44.2 Å². The first-order valence-corrected chi connectivity index (χ1v) is 14.7. The number of ether oxygens (including phenoxy) is 1. The van der Waals surface area contributed by atoms with Crippen molar-refractivity contribution in [3.8, 4) is 5.75 Å². The number of benzene rings is 2. The Morgan fingerprint density at radius 1 is 1.22 bits per heavy atom. The van der Waals surface area contributed by atoms with Crippen LogP contribution in [0.25, 0.3) is 0 Å². The smallest absolute Gasteiger partial charge is 0.245 e. The van der Waals surface area contributed by atoms with Gasteiger partial charge in [-0.25, -0.2) is 8.42 Å². The Morgan fingerprint density at radius 2 is 1.97 bits per heavy atom. The van der Waals surface area contributed by atoms with E-state index in [1.165, 1.54) is 4.31 Å². The van der Waals surface area contributed by atoms with Gasteiger partial charge in [0.25, 0.3) is 0 Å². The number of nitrogens with two attached hydrogens (primary N) is 1. The predicted octanol–water partition coefficient (Wildman–Crippen LogP) is 3.37. The molecule has 0 bridgehead atoms. The van der Waals surface area contributed by atoms with E-state index in [0.29, 0.717) is 38.0 Å². The minimum atomic E-state index is -4.05. The zero-order chi connectivity index (χ0) is 26.9. The van der Waals surface area contributed by atoms with E-state index in [-0.39, 0.29) is 42.8 Å². The molecule has 37 heavy (non-hydrogen) atoms. The Hall–Kier alpha value is -2.46. The van der Waals surface area contributed by atoms with Crippen molar-refractivity contribution < 1.29 is 23.1 Å². The van der Waals surface area contributed by atoms with Gasteiger partial charge < -0.3 is 20.9 Å². The van der Waals surface area contributed by atoms with Crippen LogP contribution in [0.5, 0.6) is 5.75 Å². The summed E-state index contributed by atoms with van der Waals surface area (Å²) in [7, 11) is -4.05. The van der Waals surface area contributed by atoms with E-state index < -0.39 is 15.7 Å². The summed E-state index contributed by atoms with van der Waals surface area (Å²) in [4.78, 5) is 12.5. The van der Waals surface area contributed by atoms with Gasteiger partial charge in [-0.2, -0.15) is 4.31 Å². The van der Waals surface area contributed by atoms with E-state index in [0.717, 1.165) is 24.0 Å². The fourth-order valence-corrected chi connectivity index (χ4v) is 6.36. The summed E-state index contributed by atoms with van der Waals surface area (Å²) in [6, 6.07) is 14.3. The van der Waals surface area contributed by atoms with Crippen LogP contribution in [0.1, 0.15) is 63.5 Å². The van der Waals surface area contributed by atoms with Crippen molar-refractivity contribution in [2.75, 3.05) is 19.7 Å².